The van der Waals surface area contributed by atoms with Gasteiger partial charge in [0, 0.05) is 20.0 Å². The molecule has 1 unspecified atom stereocenters. The number of allylic oxidation sites excluding steroid dienone is 1. The Hall–Kier alpha value is -1.24. The van der Waals surface area contributed by atoms with Crippen LogP contribution in [0.1, 0.15) is 18.4 Å². The van der Waals surface area contributed by atoms with Gasteiger partial charge in [0.15, 0.2) is 0 Å². The maximum absolute atomic E-state index is 2.20. The second-order valence-corrected chi connectivity index (χ2v) is 3.50. The second kappa shape index (κ2) is 4.70. The van der Waals surface area contributed by atoms with Gasteiger partial charge in [-0.05, 0) is 11.8 Å². The Morgan fingerprint density at radius 1 is 1.15 bits per heavy atom. The highest BCUT2D eigenvalue weighted by atomic mass is 15.0. The molecule has 1 heteroatoms. The molecule has 0 aliphatic rings. The van der Waals surface area contributed by atoms with Gasteiger partial charge in [-0.2, -0.15) is 0 Å². The van der Waals surface area contributed by atoms with E-state index in [1.807, 2.05) is 20.2 Å². The van der Waals surface area contributed by atoms with Gasteiger partial charge in [-0.25, -0.2) is 0 Å². The quantitative estimate of drug-likeness (QED) is 0.682. The lowest BCUT2D eigenvalue weighted by Crippen LogP contribution is -2.01. The van der Waals surface area contributed by atoms with Crippen molar-refractivity contribution >= 4 is 0 Å². The van der Waals surface area contributed by atoms with Crippen LogP contribution in [-0.4, -0.2) is 19.0 Å². The summed E-state index contributed by atoms with van der Waals surface area (Å²) in [6.07, 6.45) is 4.30. The summed E-state index contributed by atoms with van der Waals surface area (Å²) in [4.78, 5) is 2.06. The molecule has 0 fully saturated rings. The minimum atomic E-state index is 0.489. The summed E-state index contributed by atoms with van der Waals surface area (Å²) in [5, 5.41) is 0. The summed E-state index contributed by atoms with van der Waals surface area (Å²) < 4.78 is 0. The summed E-state index contributed by atoms with van der Waals surface area (Å²) in [6.45, 7) is 2.20. The molecule has 0 heterocycles. The lowest BCUT2D eigenvalue weighted by Gasteiger charge is -2.08. The van der Waals surface area contributed by atoms with Crippen molar-refractivity contribution < 1.29 is 0 Å². The van der Waals surface area contributed by atoms with Crippen molar-refractivity contribution in [3.63, 3.8) is 0 Å². The van der Waals surface area contributed by atoms with E-state index in [1.165, 1.54) is 5.56 Å². The molecule has 0 radical (unpaired) electrons. The Bertz CT molecular complexity index is 262. The fourth-order valence-corrected chi connectivity index (χ4v) is 1.17. The average Bonchev–Trinajstić information content (AvgIpc) is 2.15. The summed E-state index contributed by atoms with van der Waals surface area (Å²) >= 11 is 0. The van der Waals surface area contributed by atoms with Gasteiger partial charge in [0.05, 0.1) is 0 Å². The first-order chi connectivity index (χ1) is 6.20. The molecule has 0 amide bonds. The first-order valence-corrected chi connectivity index (χ1v) is 4.60. The normalized spacial score (nSPS) is 13.2. The smallest absolute Gasteiger partial charge is 0.00555 e. The van der Waals surface area contributed by atoms with Gasteiger partial charge in [-0.15, -0.1) is 0 Å². The van der Waals surface area contributed by atoms with Crippen molar-refractivity contribution in [2.75, 3.05) is 14.1 Å². The first-order valence-electron chi connectivity index (χ1n) is 4.60. The summed E-state index contributed by atoms with van der Waals surface area (Å²) in [6, 6.07) is 10.5. The molecule has 0 bridgehead atoms. The van der Waals surface area contributed by atoms with E-state index in [4.69, 9.17) is 0 Å². The monoisotopic (exact) mass is 175 g/mol. The molecule has 0 aromatic heterocycles. The van der Waals surface area contributed by atoms with E-state index in [9.17, 15) is 0 Å². The Morgan fingerprint density at radius 2 is 1.77 bits per heavy atom. The third-order valence-electron chi connectivity index (χ3n) is 2.00. The predicted molar refractivity (Wildman–Crippen MR) is 57.7 cm³/mol. The molecule has 70 valence electrons. The maximum atomic E-state index is 2.20. The van der Waals surface area contributed by atoms with Crippen LogP contribution in [0.5, 0.6) is 0 Å². The van der Waals surface area contributed by atoms with E-state index < -0.39 is 0 Å². The van der Waals surface area contributed by atoms with Crippen LogP contribution in [0.3, 0.4) is 0 Å². The number of benzene rings is 1. The number of hydrogen-bond donors (Lipinski definition) is 0. The van der Waals surface area contributed by atoms with Crippen LogP contribution in [0, 0.1) is 0 Å². The zero-order valence-corrected chi connectivity index (χ0v) is 8.57. The van der Waals surface area contributed by atoms with Gasteiger partial charge >= 0.3 is 0 Å². The summed E-state index contributed by atoms with van der Waals surface area (Å²) in [7, 11) is 4.07. The Balaban J connectivity index is 2.64. The fraction of sp³-hybridized carbons (Fsp3) is 0.333. The van der Waals surface area contributed by atoms with Crippen molar-refractivity contribution in [2.45, 2.75) is 12.8 Å². The van der Waals surface area contributed by atoms with Crippen molar-refractivity contribution in [2.24, 2.45) is 0 Å². The molecule has 0 aliphatic heterocycles. The summed E-state index contributed by atoms with van der Waals surface area (Å²) in [5.74, 6) is 0.489. The lowest BCUT2D eigenvalue weighted by atomic mass is 10.0. The van der Waals surface area contributed by atoms with E-state index in [1.54, 1.807) is 0 Å². The van der Waals surface area contributed by atoms with E-state index in [0.29, 0.717) is 5.92 Å². The minimum absolute atomic E-state index is 0.489. The highest BCUT2D eigenvalue weighted by molar-refractivity contribution is 5.22. The molecule has 1 aromatic carbocycles. The van der Waals surface area contributed by atoms with E-state index in [2.05, 4.69) is 48.4 Å². The average molecular weight is 175 g/mol. The van der Waals surface area contributed by atoms with Gasteiger partial charge < -0.3 is 4.90 Å². The number of hydrogen-bond acceptors (Lipinski definition) is 1. The largest absolute Gasteiger partial charge is 0.384 e. The zero-order chi connectivity index (χ0) is 9.68. The van der Waals surface area contributed by atoms with Crippen LogP contribution in [-0.2, 0) is 0 Å². The maximum Gasteiger partial charge on any atom is 0.00555 e. The number of nitrogens with zero attached hydrogens (tertiary/aromatic N) is 1. The molecule has 13 heavy (non-hydrogen) atoms. The molecule has 0 saturated heterocycles. The van der Waals surface area contributed by atoms with Gasteiger partial charge in [0.25, 0.3) is 0 Å². The molecule has 0 saturated carbocycles. The Morgan fingerprint density at radius 3 is 2.31 bits per heavy atom. The van der Waals surface area contributed by atoms with Crippen LogP contribution >= 0.6 is 0 Å². The molecule has 1 aromatic rings. The SMILES string of the molecule is CC(/C=C/N(C)C)c1ccccc1. The van der Waals surface area contributed by atoms with Gasteiger partial charge in [0.1, 0.15) is 0 Å². The van der Waals surface area contributed by atoms with Crippen molar-refractivity contribution in [1.82, 2.24) is 4.90 Å². The highest BCUT2D eigenvalue weighted by Gasteiger charge is 1.98. The molecular weight excluding hydrogens is 158 g/mol. The van der Waals surface area contributed by atoms with Crippen molar-refractivity contribution in [3.05, 3.63) is 48.2 Å². The van der Waals surface area contributed by atoms with Crippen LogP contribution in [0.2, 0.25) is 0 Å². The first kappa shape index (κ1) is 9.85. The van der Waals surface area contributed by atoms with E-state index in [0.717, 1.165) is 0 Å². The number of rotatable bonds is 3. The molecule has 1 rings (SSSR count). The topological polar surface area (TPSA) is 3.24 Å². The van der Waals surface area contributed by atoms with Crippen LogP contribution < -0.4 is 0 Å². The highest BCUT2D eigenvalue weighted by Crippen LogP contribution is 2.15. The molecule has 0 spiro atoms. The zero-order valence-electron chi connectivity index (χ0n) is 8.57. The van der Waals surface area contributed by atoms with Crippen LogP contribution in [0.25, 0.3) is 0 Å². The molecule has 1 nitrogen and oxygen atoms in total. The van der Waals surface area contributed by atoms with Gasteiger partial charge in [-0.3, -0.25) is 0 Å². The van der Waals surface area contributed by atoms with Crippen molar-refractivity contribution in [3.8, 4) is 0 Å². The molecular formula is C12H17N. The molecule has 0 N–H and O–H groups in total. The third-order valence-corrected chi connectivity index (χ3v) is 2.00. The molecule has 1 atom stereocenters. The lowest BCUT2D eigenvalue weighted by molar-refractivity contribution is 0.559. The van der Waals surface area contributed by atoms with E-state index in [-0.39, 0.29) is 0 Å². The standard InChI is InChI=1S/C12H17N/c1-11(9-10-13(2)3)12-7-5-4-6-8-12/h4-11H,1-3H3/b10-9+. The van der Waals surface area contributed by atoms with Crippen LogP contribution in [0.4, 0.5) is 0 Å². The van der Waals surface area contributed by atoms with Gasteiger partial charge in [-0.1, -0.05) is 43.3 Å². The van der Waals surface area contributed by atoms with E-state index >= 15 is 0 Å². The second-order valence-electron chi connectivity index (χ2n) is 3.50. The summed E-state index contributed by atoms with van der Waals surface area (Å²) in [5.41, 5.74) is 1.36. The third kappa shape index (κ3) is 3.32. The fourth-order valence-electron chi connectivity index (χ4n) is 1.17. The van der Waals surface area contributed by atoms with Crippen molar-refractivity contribution in [1.29, 1.82) is 0 Å². The minimum Gasteiger partial charge on any atom is -0.384 e. The molecule has 0 aliphatic carbocycles. The predicted octanol–water partition coefficient (Wildman–Crippen LogP) is 2.87. The van der Waals surface area contributed by atoms with Gasteiger partial charge in [0.2, 0.25) is 0 Å². The Labute approximate surface area is 80.7 Å². The van der Waals surface area contributed by atoms with Crippen LogP contribution in [0.15, 0.2) is 42.6 Å². The Kier molecular flexibility index (Phi) is 3.56.